The van der Waals surface area contributed by atoms with Crippen molar-refractivity contribution in [2.75, 3.05) is 84.1 Å². The molecule has 4 heterocycles. The molecule has 3 amide bonds. The number of aromatic nitrogens is 1. The smallest absolute Gasteiger partial charge is 0.490 e. The Morgan fingerprint density at radius 1 is 1.05 bits per heavy atom. The molecule has 0 radical (unpaired) electrons. The first kappa shape index (κ1) is 49.6. The van der Waals surface area contributed by atoms with Gasteiger partial charge in [-0.05, 0) is 61.4 Å². The van der Waals surface area contributed by atoms with E-state index in [1.165, 1.54) is 17.5 Å². The van der Waals surface area contributed by atoms with E-state index in [0.29, 0.717) is 88.4 Å². The summed E-state index contributed by atoms with van der Waals surface area (Å²) in [5.74, 6) is -2.04. The zero-order valence-corrected chi connectivity index (χ0v) is 37.9. The van der Waals surface area contributed by atoms with Crippen LogP contribution in [0.5, 0.6) is 11.5 Å². The molecule has 3 aliphatic heterocycles. The van der Waals surface area contributed by atoms with Gasteiger partial charge in [-0.1, -0.05) is 63.4 Å². The van der Waals surface area contributed by atoms with Crippen LogP contribution in [0.25, 0.3) is 0 Å². The molecule has 1 spiro atoms. The number of carbonyl (C=O) groups excluding carboxylic acids is 3. The van der Waals surface area contributed by atoms with Crippen LogP contribution in [0.3, 0.4) is 0 Å². The molecular formula is C46H61F3N6O9S. The fraction of sp³-hybridized carbons (Fsp3) is 0.587. The van der Waals surface area contributed by atoms with Gasteiger partial charge in [0.05, 0.1) is 37.8 Å². The lowest BCUT2D eigenvalue weighted by molar-refractivity contribution is -0.192. The van der Waals surface area contributed by atoms with Crippen molar-refractivity contribution in [3.05, 3.63) is 69.2 Å². The molecule has 356 valence electrons. The van der Waals surface area contributed by atoms with Crippen LogP contribution in [0.15, 0.2) is 41.8 Å². The number of hydrogen-bond donors (Lipinski definition) is 4. The van der Waals surface area contributed by atoms with Crippen LogP contribution in [0.2, 0.25) is 0 Å². The first-order chi connectivity index (χ1) is 31.1. The number of hydrogen-bond acceptors (Lipinski definition) is 12. The fourth-order valence-corrected chi connectivity index (χ4v) is 9.44. The number of phenols is 1. The van der Waals surface area contributed by atoms with Gasteiger partial charge in [0.2, 0.25) is 5.91 Å². The van der Waals surface area contributed by atoms with Gasteiger partial charge in [-0.2, -0.15) is 13.2 Å². The van der Waals surface area contributed by atoms with Gasteiger partial charge in [0.25, 0.3) is 11.8 Å². The maximum atomic E-state index is 13.5. The third-order valence-corrected chi connectivity index (χ3v) is 13.2. The van der Waals surface area contributed by atoms with E-state index in [4.69, 9.17) is 24.1 Å². The minimum absolute atomic E-state index is 0.00454. The highest BCUT2D eigenvalue weighted by molar-refractivity contribution is 7.09. The average Bonchev–Trinajstić information content (AvgIpc) is 3.78. The number of amides is 3. The summed E-state index contributed by atoms with van der Waals surface area (Å²) in [6.07, 6.45) is 3.32. The van der Waals surface area contributed by atoms with Gasteiger partial charge in [-0.3, -0.25) is 19.3 Å². The highest BCUT2D eigenvalue weighted by atomic mass is 32.1. The number of ether oxygens (including phenoxy) is 3. The molecule has 7 rings (SSSR count). The standard InChI is InChI=1S/C44H60N6O7S.C2HF3O2/c1-31(2)42-46-36(27-58-42)43(54)49-21-24-57-44(30-49)28-48(29-44)19-14-32-7-6-8-33(25-32)15-22-55-23-16-39(53)50(35-9-4-3-5-10-35)20-18-45-17-13-34-11-12-37(51)40-41(34)56-26-38(52)47-40;3-2(4,5)1(6)7/h6-8,11-12,25,27,31,35,45,51H,3-5,9-10,13-24,26,28-30H2,1-2H3,(H,47,52);(H,6,7). The summed E-state index contributed by atoms with van der Waals surface area (Å²) in [7, 11) is 0. The molecule has 15 nitrogen and oxygen atoms in total. The molecule has 4 N–H and O–H groups in total. The number of benzene rings is 2. The Morgan fingerprint density at radius 2 is 1.78 bits per heavy atom. The van der Waals surface area contributed by atoms with Crippen molar-refractivity contribution >= 4 is 40.7 Å². The Labute approximate surface area is 381 Å². The van der Waals surface area contributed by atoms with Crippen LogP contribution in [0.1, 0.15) is 90.5 Å². The van der Waals surface area contributed by atoms with Crippen LogP contribution >= 0.6 is 11.3 Å². The van der Waals surface area contributed by atoms with Crippen LogP contribution in [0.4, 0.5) is 18.9 Å². The van der Waals surface area contributed by atoms with Gasteiger partial charge in [0, 0.05) is 56.6 Å². The molecule has 1 aliphatic carbocycles. The monoisotopic (exact) mass is 930 g/mol. The highest BCUT2D eigenvalue weighted by Crippen LogP contribution is 2.39. The Hall–Kier alpha value is -4.82. The number of morpholine rings is 1. The molecule has 0 unspecified atom stereocenters. The van der Waals surface area contributed by atoms with E-state index in [0.717, 1.165) is 68.7 Å². The lowest BCUT2D eigenvalue weighted by Crippen LogP contribution is -2.70. The van der Waals surface area contributed by atoms with Crippen molar-refractivity contribution in [1.29, 1.82) is 0 Å². The molecule has 2 aromatic carbocycles. The Morgan fingerprint density at radius 3 is 2.49 bits per heavy atom. The van der Waals surface area contributed by atoms with Crippen molar-refractivity contribution in [3.63, 3.8) is 0 Å². The predicted octanol–water partition coefficient (Wildman–Crippen LogP) is 5.65. The topological polar surface area (TPSA) is 183 Å². The number of likely N-dealkylation sites (tertiary alicyclic amines) is 1. The number of aliphatic carboxylic acids is 1. The third kappa shape index (κ3) is 14.1. The van der Waals surface area contributed by atoms with Crippen LogP contribution in [0, 0.1) is 0 Å². The summed E-state index contributed by atoms with van der Waals surface area (Å²) in [5.41, 5.74) is 4.03. The predicted molar refractivity (Wildman–Crippen MR) is 238 cm³/mol. The van der Waals surface area contributed by atoms with Crippen LogP contribution in [-0.2, 0) is 43.1 Å². The molecule has 2 saturated heterocycles. The van der Waals surface area contributed by atoms with E-state index < -0.39 is 12.1 Å². The van der Waals surface area contributed by atoms with Gasteiger partial charge in [-0.15, -0.1) is 11.3 Å². The van der Waals surface area contributed by atoms with E-state index >= 15 is 0 Å². The SMILES string of the molecule is CC(C)c1nc(C(=O)N2CCOC3(CN(CCc4cccc(CCOCCC(=O)N(CCNCCc5ccc(O)c6c5OCC(=O)N6)C5CCCCC5)c4)C3)C2)cs1.O=C(O)C(F)(F)F. The van der Waals surface area contributed by atoms with E-state index in [1.807, 2.05) is 16.3 Å². The summed E-state index contributed by atoms with van der Waals surface area (Å²) in [4.78, 5) is 58.3. The second-order valence-corrected chi connectivity index (χ2v) is 18.2. The van der Waals surface area contributed by atoms with Gasteiger partial charge < -0.3 is 44.9 Å². The number of carbonyl (C=O) groups is 4. The zero-order valence-electron chi connectivity index (χ0n) is 37.1. The van der Waals surface area contributed by atoms with E-state index in [-0.39, 0.29) is 41.7 Å². The summed E-state index contributed by atoms with van der Waals surface area (Å²) >= 11 is 1.56. The van der Waals surface area contributed by atoms with Crippen molar-refractivity contribution < 1.29 is 56.8 Å². The summed E-state index contributed by atoms with van der Waals surface area (Å²) < 4.78 is 49.6. The lowest BCUT2D eigenvalue weighted by atomic mass is 9.91. The second kappa shape index (κ2) is 23.1. The number of halogens is 3. The maximum Gasteiger partial charge on any atom is 0.490 e. The summed E-state index contributed by atoms with van der Waals surface area (Å²) in [6, 6.07) is 12.4. The molecule has 3 fully saturated rings. The van der Waals surface area contributed by atoms with Gasteiger partial charge in [-0.25, -0.2) is 9.78 Å². The van der Waals surface area contributed by atoms with Crippen LogP contribution < -0.4 is 15.4 Å². The molecule has 3 aromatic rings. The van der Waals surface area contributed by atoms with Crippen LogP contribution in [-0.4, -0.2) is 150 Å². The van der Waals surface area contributed by atoms with E-state index in [1.54, 1.807) is 17.4 Å². The molecule has 1 saturated carbocycles. The van der Waals surface area contributed by atoms with Gasteiger partial charge in [0.1, 0.15) is 22.7 Å². The number of anilines is 1. The number of rotatable bonds is 18. The number of thiazole rings is 1. The summed E-state index contributed by atoms with van der Waals surface area (Å²) in [6.45, 7) is 11.5. The molecule has 1 aromatic heterocycles. The number of carboxylic acids is 1. The first-order valence-electron chi connectivity index (χ1n) is 22.4. The number of nitrogens with one attached hydrogen (secondary N) is 2. The number of alkyl halides is 3. The largest absolute Gasteiger partial charge is 0.506 e. The highest BCUT2D eigenvalue weighted by Gasteiger charge is 2.48. The minimum Gasteiger partial charge on any atom is -0.506 e. The number of carboxylic acid groups (broad SMARTS) is 1. The maximum absolute atomic E-state index is 13.5. The molecule has 19 heteroatoms. The number of phenolic OH excluding ortho intramolecular Hbond substituents is 1. The number of fused-ring (bicyclic) bond motifs is 1. The Kier molecular flexibility index (Phi) is 17.6. The number of nitrogens with zero attached hydrogens (tertiary/aromatic N) is 4. The molecular weight excluding hydrogens is 870 g/mol. The Bertz CT molecular complexity index is 2090. The number of aromatic hydroxyl groups is 1. The van der Waals surface area contributed by atoms with Crippen molar-refractivity contribution in [2.24, 2.45) is 0 Å². The van der Waals surface area contributed by atoms with Crippen molar-refractivity contribution in [3.8, 4) is 11.5 Å². The molecule has 4 aliphatic rings. The molecule has 0 bridgehead atoms. The second-order valence-electron chi connectivity index (χ2n) is 17.3. The van der Waals surface area contributed by atoms with Crippen molar-refractivity contribution in [2.45, 2.75) is 95.4 Å². The zero-order chi connectivity index (χ0) is 46.6. The molecule has 65 heavy (non-hydrogen) atoms. The molecule has 0 atom stereocenters. The minimum atomic E-state index is -5.08. The average molecular weight is 931 g/mol. The lowest BCUT2D eigenvalue weighted by Gasteiger charge is -2.54. The third-order valence-electron chi connectivity index (χ3n) is 12.0. The fourth-order valence-electron chi connectivity index (χ4n) is 8.63. The van der Waals surface area contributed by atoms with E-state index in [2.05, 4.69) is 63.5 Å². The van der Waals surface area contributed by atoms with Crippen molar-refractivity contribution in [1.82, 2.24) is 25.0 Å². The van der Waals surface area contributed by atoms with Gasteiger partial charge >= 0.3 is 12.1 Å². The first-order valence-corrected chi connectivity index (χ1v) is 23.3. The van der Waals surface area contributed by atoms with E-state index in [9.17, 15) is 32.7 Å². The normalized spacial score (nSPS) is 17.4. The van der Waals surface area contributed by atoms with Gasteiger partial charge in [0.15, 0.2) is 12.4 Å². The Balaban J connectivity index is 0.000000925. The summed E-state index contributed by atoms with van der Waals surface area (Å²) in [5, 5.41) is 26.3. The quantitative estimate of drug-likeness (QED) is 0.0911.